The van der Waals surface area contributed by atoms with Crippen molar-refractivity contribution in [2.45, 2.75) is 25.5 Å². The van der Waals surface area contributed by atoms with Crippen molar-refractivity contribution in [2.75, 3.05) is 5.32 Å². The number of nitriles is 1. The molecule has 2 aromatic rings. The van der Waals surface area contributed by atoms with Gasteiger partial charge in [-0.25, -0.2) is 0 Å². The summed E-state index contributed by atoms with van der Waals surface area (Å²) in [7, 11) is 0. The SMILES string of the molecule is N#Cc1nc(COc2ccc(Br)cc2)oc1NC1CC1. The number of benzene rings is 1. The second kappa shape index (κ2) is 5.55. The average molecular weight is 334 g/mol. The molecule has 5 nitrogen and oxygen atoms in total. The fraction of sp³-hybridized carbons (Fsp3) is 0.286. The van der Waals surface area contributed by atoms with Crippen molar-refractivity contribution in [3.8, 4) is 11.8 Å². The molecule has 3 rings (SSSR count). The van der Waals surface area contributed by atoms with Gasteiger partial charge in [-0.15, -0.1) is 0 Å². The number of nitrogens with one attached hydrogen (secondary N) is 1. The zero-order valence-electron chi connectivity index (χ0n) is 10.6. The highest BCUT2D eigenvalue weighted by Crippen LogP contribution is 2.27. The molecular formula is C14H12BrN3O2. The molecule has 0 amide bonds. The lowest BCUT2D eigenvalue weighted by molar-refractivity contribution is 0.264. The van der Waals surface area contributed by atoms with E-state index in [1.54, 1.807) is 0 Å². The van der Waals surface area contributed by atoms with Crippen molar-refractivity contribution in [1.82, 2.24) is 4.98 Å². The van der Waals surface area contributed by atoms with Crippen molar-refractivity contribution >= 4 is 21.8 Å². The van der Waals surface area contributed by atoms with E-state index >= 15 is 0 Å². The highest BCUT2D eigenvalue weighted by Gasteiger charge is 2.25. The van der Waals surface area contributed by atoms with Crippen LogP contribution in [0.15, 0.2) is 33.2 Å². The number of hydrogen-bond donors (Lipinski definition) is 1. The fourth-order valence-corrected chi connectivity index (χ4v) is 1.95. The van der Waals surface area contributed by atoms with Gasteiger partial charge in [0.2, 0.25) is 17.5 Å². The summed E-state index contributed by atoms with van der Waals surface area (Å²) in [6.45, 7) is 0.197. The number of nitrogens with zero attached hydrogens (tertiary/aromatic N) is 2. The number of anilines is 1. The van der Waals surface area contributed by atoms with Crippen molar-refractivity contribution in [2.24, 2.45) is 0 Å². The molecular weight excluding hydrogens is 322 g/mol. The number of aromatic nitrogens is 1. The first-order valence-electron chi connectivity index (χ1n) is 6.29. The maximum Gasteiger partial charge on any atom is 0.236 e. The summed E-state index contributed by atoms with van der Waals surface area (Å²) in [4.78, 5) is 4.12. The van der Waals surface area contributed by atoms with Crippen LogP contribution in [0.5, 0.6) is 5.75 Å². The van der Waals surface area contributed by atoms with Gasteiger partial charge in [0, 0.05) is 10.5 Å². The van der Waals surface area contributed by atoms with Gasteiger partial charge in [0.1, 0.15) is 11.8 Å². The minimum atomic E-state index is 0.197. The van der Waals surface area contributed by atoms with E-state index in [1.807, 2.05) is 30.3 Å². The lowest BCUT2D eigenvalue weighted by Crippen LogP contribution is -2.00. The Morgan fingerprint density at radius 3 is 2.80 bits per heavy atom. The predicted octanol–water partition coefficient (Wildman–Crippen LogP) is 3.46. The summed E-state index contributed by atoms with van der Waals surface area (Å²) >= 11 is 3.36. The van der Waals surface area contributed by atoms with Crippen LogP contribution < -0.4 is 10.1 Å². The summed E-state index contributed by atoms with van der Waals surface area (Å²) in [6.07, 6.45) is 2.21. The molecule has 1 saturated carbocycles. The van der Waals surface area contributed by atoms with Gasteiger partial charge < -0.3 is 14.5 Å². The Morgan fingerprint density at radius 2 is 2.15 bits per heavy atom. The third kappa shape index (κ3) is 3.11. The molecule has 6 heteroatoms. The van der Waals surface area contributed by atoms with E-state index in [4.69, 9.17) is 14.4 Å². The van der Waals surface area contributed by atoms with Gasteiger partial charge in [0.05, 0.1) is 0 Å². The Bertz CT molecular complexity index is 641. The van der Waals surface area contributed by atoms with Gasteiger partial charge in [-0.1, -0.05) is 15.9 Å². The first kappa shape index (κ1) is 13.0. The van der Waals surface area contributed by atoms with E-state index in [9.17, 15) is 0 Å². The molecule has 1 aliphatic carbocycles. The van der Waals surface area contributed by atoms with Crippen LogP contribution in [0.25, 0.3) is 0 Å². The third-order valence-corrected chi connectivity index (χ3v) is 3.39. The Kier molecular flexibility index (Phi) is 3.61. The molecule has 0 saturated heterocycles. The minimum absolute atomic E-state index is 0.197. The molecule has 0 bridgehead atoms. The second-order valence-corrected chi connectivity index (χ2v) is 5.47. The standard InChI is InChI=1S/C14H12BrN3O2/c15-9-1-5-11(6-2-9)19-8-13-18-12(7-16)14(20-13)17-10-3-4-10/h1-2,5-6,10,17H,3-4,8H2. The third-order valence-electron chi connectivity index (χ3n) is 2.87. The second-order valence-electron chi connectivity index (χ2n) is 4.56. The summed E-state index contributed by atoms with van der Waals surface area (Å²) in [5.41, 5.74) is 0.284. The summed E-state index contributed by atoms with van der Waals surface area (Å²) in [6, 6.07) is 9.92. The molecule has 1 aromatic carbocycles. The van der Waals surface area contributed by atoms with Crippen LogP contribution >= 0.6 is 15.9 Å². The van der Waals surface area contributed by atoms with Crippen molar-refractivity contribution in [3.05, 3.63) is 40.3 Å². The lowest BCUT2D eigenvalue weighted by Gasteiger charge is -2.03. The zero-order chi connectivity index (χ0) is 13.9. The minimum Gasteiger partial charge on any atom is -0.484 e. The maximum atomic E-state index is 9.02. The lowest BCUT2D eigenvalue weighted by atomic mass is 10.3. The van der Waals surface area contributed by atoms with Crippen LogP contribution in [-0.2, 0) is 6.61 Å². The predicted molar refractivity (Wildman–Crippen MR) is 76.3 cm³/mol. The van der Waals surface area contributed by atoms with Crippen molar-refractivity contribution in [1.29, 1.82) is 5.26 Å². The summed E-state index contributed by atoms with van der Waals surface area (Å²) in [5.74, 6) is 1.57. The van der Waals surface area contributed by atoms with Crippen LogP contribution in [0.4, 0.5) is 5.88 Å². The normalized spacial score (nSPS) is 13.8. The molecule has 20 heavy (non-hydrogen) atoms. The topological polar surface area (TPSA) is 71.1 Å². The Labute approximate surface area is 124 Å². The van der Waals surface area contributed by atoms with E-state index < -0.39 is 0 Å². The Hall–Kier alpha value is -2.00. The van der Waals surface area contributed by atoms with E-state index in [0.29, 0.717) is 17.8 Å². The molecule has 1 N–H and O–H groups in total. The number of halogens is 1. The van der Waals surface area contributed by atoms with Crippen LogP contribution in [-0.4, -0.2) is 11.0 Å². The van der Waals surface area contributed by atoms with Crippen LogP contribution in [0, 0.1) is 11.3 Å². The number of rotatable bonds is 5. The van der Waals surface area contributed by atoms with E-state index in [1.165, 1.54) is 0 Å². The van der Waals surface area contributed by atoms with E-state index in [2.05, 4.69) is 26.2 Å². The molecule has 0 radical (unpaired) electrons. The van der Waals surface area contributed by atoms with E-state index in [0.717, 1.165) is 23.1 Å². The number of hydrogen-bond acceptors (Lipinski definition) is 5. The van der Waals surface area contributed by atoms with Gasteiger partial charge in [0.15, 0.2) is 6.61 Å². The van der Waals surface area contributed by atoms with Gasteiger partial charge in [0.25, 0.3) is 0 Å². The molecule has 0 aliphatic heterocycles. The fourth-order valence-electron chi connectivity index (χ4n) is 1.69. The summed E-state index contributed by atoms with van der Waals surface area (Å²) in [5, 5.41) is 12.2. The maximum absolute atomic E-state index is 9.02. The first-order chi connectivity index (χ1) is 9.74. The smallest absolute Gasteiger partial charge is 0.236 e. The van der Waals surface area contributed by atoms with Crippen LogP contribution in [0.1, 0.15) is 24.4 Å². The van der Waals surface area contributed by atoms with Gasteiger partial charge in [-0.2, -0.15) is 10.2 Å². The molecule has 1 fully saturated rings. The van der Waals surface area contributed by atoms with Crippen molar-refractivity contribution in [3.63, 3.8) is 0 Å². The summed E-state index contributed by atoms with van der Waals surface area (Å²) < 4.78 is 12.1. The molecule has 1 aliphatic rings. The molecule has 1 heterocycles. The van der Waals surface area contributed by atoms with Gasteiger partial charge in [-0.3, -0.25) is 0 Å². The highest BCUT2D eigenvalue weighted by molar-refractivity contribution is 9.10. The molecule has 1 aromatic heterocycles. The molecule has 102 valence electrons. The molecule has 0 unspecified atom stereocenters. The first-order valence-corrected chi connectivity index (χ1v) is 7.08. The largest absolute Gasteiger partial charge is 0.484 e. The zero-order valence-corrected chi connectivity index (χ0v) is 12.2. The van der Waals surface area contributed by atoms with Gasteiger partial charge >= 0.3 is 0 Å². The van der Waals surface area contributed by atoms with Crippen LogP contribution in [0.2, 0.25) is 0 Å². The quantitative estimate of drug-likeness (QED) is 0.907. The highest BCUT2D eigenvalue weighted by atomic mass is 79.9. The monoisotopic (exact) mass is 333 g/mol. The average Bonchev–Trinajstić information content (AvgIpc) is 3.18. The van der Waals surface area contributed by atoms with Gasteiger partial charge in [-0.05, 0) is 37.1 Å². The molecule has 0 atom stereocenters. The van der Waals surface area contributed by atoms with E-state index in [-0.39, 0.29) is 12.3 Å². The van der Waals surface area contributed by atoms with Crippen LogP contribution in [0.3, 0.4) is 0 Å². The Morgan fingerprint density at radius 1 is 1.40 bits per heavy atom. The number of ether oxygens (including phenoxy) is 1. The van der Waals surface area contributed by atoms with Crippen molar-refractivity contribution < 1.29 is 9.15 Å². The molecule has 0 spiro atoms. The Balaban J connectivity index is 1.66. The number of oxazole rings is 1.